The Hall–Kier alpha value is -0.500. The van der Waals surface area contributed by atoms with Crippen molar-refractivity contribution in [3.05, 3.63) is 0 Å². The van der Waals surface area contributed by atoms with Gasteiger partial charge in [0.1, 0.15) is 5.78 Å². The number of hydroxylamine groups is 2. The number of carbonyl (C=O) groups excluding carboxylic acids is 1. The highest BCUT2D eigenvalue weighted by Gasteiger charge is 2.65. The molecule has 3 fully saturated rings. The van der Waals surface area contributed by atoms with Crippen LogP contribution in [0, 0.1) is 16.7 Å². The molecular formula is C19H32NO5S. The first kappa shape index (κ1) is 20.2. The largest absolute Gasteiger partial charge is 0.299 e. The summed E-state index contributed by atoms with van der Waals surface area (Å²) in [6.45, 7) is 11.3. The molecule has 26 heavy (non-hydrogen) atoms. The molecule has 7 heteroatoms. The zero-order valence-electron chi connectivity index (χ0n) is 16.8. The summed E-state index contributed by atoms with van der Waals surface area (Å²) in [4.78, 5) is 12.6. The van der Waals surface area contributed by atoms with Crippen LogP contribution in [0.15, 0.2) is 0 Å². The van der Waals surface area contributed by atoms with Gasteiger partial charge in [0.15, 0.2) is 0 Å². The monoisotopic (exact) mass is 386 g/mol. The molecule has 0 aromatic carbocycles. The van der Waals surface area contributed by atoms with Crippen molar-refractivity contribution in [1.82, 2.24) is 5.06 Å². The standard InChI is InChI=1S/C19H32NO5S/c1-16(2)10-14(11-17(3,4)20(16)22)25-26(23,24)12-19-8-7-13(9-15(19)21)18(19,5)6/h13-14H,7-12H2,1-6H3/t13-,19-/m1/s1. The maximum absolute atomic E-state index is 12.9. The predicted molar refractivity (Wildman–Crippen MR) is 97.1 cm³/mol. The van der Waals surface area contributed by atoms with Crippen molar-refractivity contribution in [2.24, 2.45) is 16.7 Å². The van der Waals surface area contributed by atoms with Gasteiger partial charge >= 0.3 is 0 Å². The van der Waals surface area contributed by atoms with E-state index in [-0.39, 0.29) is 22.9 Å². The Kier molecular flexibility index (Phi) is 4.48. The Labute approximate surface area is 157 Å². The van der Waals surface area contributed by atoms with E-state index in [0.717, 1.165) is 11.5 Å². The molecule has 1 aliphatic heterocycles. The molecule has 1 saturated heterocycles. The third kappa shape index (κ3) is 2.95. The van der Waals surface area contributed by atoms with Crippen LogP contribution in [0.1, 0.15) is 73.6 Å². The molecule has 2 bridgehead atoms. The summed E-state index contributed by atoms with van der Waals surface area (Å²) >= 11 is 0. The number of fused-ring (bicyclic) bond motifs is 2. The van der Waals surface area contributed by atoms with E-state index in [9.17, 15) is 18.4 Å². The minimum absolute atomic E-state index is 0.0703. The highest BCUT2D eigenvalue weighted by Crippen LogP contribution is 2.64. The number of carbonyl (C=O) groups is 1. The van der Waals surface area contributed by atoms with Crippen molar-refractivity contribution in [3.63, 3.8) is 0 Å². The molecule has 0 aromatic rings. The smallest absolute Gasteiger partial charge is 0.268 e. The molecule has 0 amide bonds. The van der Waals surface area contributed by atoms with Gasteiger partial charge in [-0.05, 0) is 64.7 Å². The molecule has 1 heterocycles. The fraction of sp³-hybridized carbons (Fsp3) is 0.947. The van der Waals surface area contributed by atoms with E-state index < -0.39 is 32.7 Å². The van der Waals surface area contributed by atoms with Crippen LogP contribution in [0.25, 0.3) is 0 Å². The minimum atomic E-state index is -3.87. The van der Waals surface area contributed by atoms with Gasteiger partial charge in [-0.25, -0.2) is 0 Å². The van der Waals surface area contributed by atoms with Gasteiger partial charge in [-0.3, -0.25) is 8.98 Å². The summed E-state index contributed by atoms with van der Waals surface area (Å²) < 4.78 is 31.4. The molecule has 149 valence electrons. The SMILES string of the molecule is CC1(C)CC(OS(=O)(=O)C[C@]23CC[C@H](CC2=O)C3(C)C)CC(C)(C)N1[O]. The lowest BCUT2D eigenvalue weighted by Crippen LogP contribution is -2.60. The van der Waals surface area contributed by atoms with Crippen LogP contribution in [-0.4, -0.2) is 42.2 Å². The Bertz CT molecular complexity index is 693. The second-order valence-electron chi connectivity index (χ2n) is 10.4. The second-order valence-corrected chi connectivity index (χ2v) is 12.0. The maximum atomic E-state index is 12.9. The quantitative estimate of drug-likeness (QED) is 0.693. The fourth-order valence-electron chi connectivity index (χ4n) is 5.89. The average Bonchev–Trinajstić information content (AvgIpc) is 2.77. The van der Waals surface area contributed by atoms with Crippen LogP contribution in [0.4, 0.5) is 0 Å². The van der Waals surface area contributed by atoms with Crippen molar-refractivity contribution < 1.29 is 22.6 Å². The Balaban J connectivity index is 1.79. The van der Waals surface area contributed by atoms with Gasteiger partial charge in [0, 0.05) is 17.5 Å². The fourth-order valence-corrected chi connectivity index (χ4v) is 7.79. The lowest BCUT2D eigenvalue weighted by Gasteiger charge is -2.49. The highest BCUT2D eigenvalue weighted by atomic mass is 32.2. The highest BCUT2D eigenvalue weighted by molar-refractivity contribution is 7.86. The summed E-state index contributed by atoms with van der Waals surface area (Å²) in [6.07, 6.45) is 2.18. The number of piperidine rings is 1. The van der Waals surface area contributed by atoms with Crippen LogP contribution < -0.4 is 0 Å². The van der Waals surface area contributed by atoms with Gasteiger partial charge < -0.3 is 0 Å². The van der Waals surface area contributed by atoms with Gasteiger partial charge in [0.2, 0.25) is 0 Å². The molecule has 0 spiro atoms. The Morgan fingerprint density at radius 3 is 2.04 bits per heavy atom. The van der Waals surface area contributed by atoms with Crippen molar-refractivity contribution in [2.45, 2.75) is 90.8 Å². The second kappa shape index (κ2) is 5.75. The average molecular weight is 387 g/mol. The third-order valence-corrected chi connectivity index (χ3v) is 8.81. The molecule has 0 aromatic heterocycles. The first-order valence-electron chi connectivity index (χ1n) is 9.55. The van der Waals surface area contributed by atoms with Gasteiger partial charge in [-0.15, -0.1) is 10.3 Å². The lowest BCUT2D eigenvalue weighted by molar-refractivity contribution is -0.296. The Morgan fingerprint density at radius 2 is 1.62 bits per heavy atom. The number of hydrogen-bond acceptors (Lipinski definition) is 5. The molecule has 2 atom stereocenters. The predicted octanol–water partition coefficient (Wildman–Crippen LogP) is 3.10. The van der Waals surface area contributed by atoms with E-state index in [1.165, 1.54) is 0 Å². The molecule has 0 unspecified atom stereocenters. The van der Waals surface area contributed by atoms with Crippen LogP contribution in [0.5, 0.6) is 0 Å². The normalized spacial score (nSPS) is 36.6. The van der Waals surface area contributed by atoms with Crippen LogP contribution in [0.2, 0.25) is 0 Å². The van der Waals surface area contributed by atoms with E-state index >= 15 is 0 Å². The van der Waals surface area contributed by atoms with Crippen molar-refractivity contribution in [3.8, 4) is 0 Å². The van der Waals surface area contributed by atoms with Crippen LogP contribution in [0.3, 0.4) is 0 Å². The third-order valence-electron chi connectivity index (χ3n) is 7.40. The minimum Gasteiger partial charge on any atom is -0.299 e. The summed E-state index contributed by atoms with van der Waals surface area (Å²) in [6, 6.07) is 0. The van der Waals surface area contributed by atoms with Crippen molar-refractivity contribution >= 4 is 15.9 Å². The molecule has 0 N–H and O–H groups in total. The van der Waals surface area contributed by atoms with Crippen molar-refractivity contribution in [1.29, 1.82) is 0 Å². The molecule has 2 saturated carbocycles. The first-order valence-corrected chi connectivity index (χ1v) is 11.1. The number of hydrogen-bond donors (Lipinski definition) is 0. The topological polar surface area (TPSA) is 83.6 Å². The van der Waals surface area contributed by atoms with Gasteiger partial charge in [-0.2, -0.15) is 8.42 Å². The van der Waals surface area contributed by atoms with Crippen LogP contribution in [-0.2, 0) is 24.3 Å². The summed E-state index contributed by atoms with van der Waals surface area (Å²) in [7, 11) is -3.87. The zero-order valence-corrected chi connectivity index (χ0v) is 17.6. The summed E-state index contributed by atoms with van der Waals surface area (Å²) in [5.74, 6) is 0.105. The molecular weight excluding hydrogens is 354 g/mol. The van der Waals surface area contributed by atoms with Crippen molar-refractivity contribution in [2.75, 3.05) is 5.75 Å². The van der Waals surface area contributed by atoms with Crippen LogP contribution >= 0.6 is 0 Å². The number of rotatable bonds is 4. The molecule has 6 nitrogen and oxygen atoms in total. The Morgan fingerprint density at radius 1 is 1.08 bits per heavy atom. The number of nitrogens with zero attached hydrogens (tertiary/aromatic N) is 1. The molecule has 1 radical (unpaired) electrons. The van der Waals surface area contributed by atoms with E-state index in [2.05, 4.69) is 0 Å². The zero-order chi connectivity index (χ0) is 19.8. The maximum Gasteiger partial charge on any atom is 0.268 e. The summed E-state index contributed by atoms with van der Waals surface area (Å²) in [5.41, 5.74) is -2.51. The van der Waals surface area contributed by atoms with E-state index in [1.54, 1.807) is 0 Å². The van der Waals surface area contributed by atoms with E-state index in [4.69, 9.17) is 4.18 Å². The first-order chi connectivity index (χ1) is 11.6. The van der Waals surface area contributed by atoms with Gasteiger partial charge in [0.25, 0.3) is 10.1 Å². The molecule has 2 aliphatic carbocycles. The molecule has 3 aliphatic rings. The summed E-state index contributed by atoms with van der Waals surface area (Å²) in [5, 5.41) is 13.5. The van der Waals surface area contributed by atoms with E-state index in [1.807, 2.05) is 41.5 Å². The van der Waals surface area contributed by atoms with E-state index in [0.29, 0.717) is 25.7 Å². The number of ketones is 1. The lowest BCUT2D eigenvalue weighted by atomic mass is 9.70. The van der Waals surface area contributed by atoms with Gasteiger partial charge in [-0.1, -0.05) is 13.8 Å². The molecule has 3 rings (SSSR count). The number of Topliss-reactive ketones (excluding diaryl/α,β-unsaturated/α-hetero) is 1. The van der Waals surface area contributed by atoms with Gasteiger partial charge in [0.05, 0.1) is 17.3 Å².